The first-order valence-corrected chi connectivity index (χ1v) is 18.5. The summed E-state index contributed by atoms with van der Waals surface area (Å²) in [6, 6.07) is 22.5. The van der Waals surface area contributed by atoms with Crippen molar-refractivity contribution in [2.24, 2.45) is 0 Å². The monoisotopic (exact) mass is 654 g/mol. The van der Waals surface area contributed by atoms with Crippen LogP contribution >= 0.6 is 15.8 Å². The highest BCUT2D eigenvalue weighted by Gasteiger charge is 2.41. The molecule has 0 aliphatic rings. The lowest BCUT2D eigenvalue weighted by Gasteiger charge is -2.45. The minimum absolute atomic E-state index is 0.0764. The first-order valence-electron chi connectivity index (χ1n) is 15.8. The molecule has 0 radical (unpaired) electrons. The number of H-pyrrole nitrogens is 2. The number of aromatic nitrogens is 8. The molecule has 0 fully saturated rings. The molecule has 5 aromatic rings. The molecule has 0 saturated carbocycles. The van der Waals surface area contributed by atoms with Crippen molar-refractivity contribution in [3.8, 4) is 45.0 Å². The zero-order valence-electron chi connectivity index (χ0n) is 29.4. The molecule has 2 aromatic heterocycles. The van der Waals surface area contributed by atoms with E-state index in [0.717, 1.165) is 11.1 Å². The van der Waals surface area contributed by atoms with Crippen LogP contribution in [0.15, 0.2) is 60.7 Å². The third kappa shape index (κ3) is 7.14. The smallest absolute Gasteiger partial charge is 0.177 e. The highest BCUT2D eigenvalue weighted by Crippen LogP contribution is 2.62. The molecule has 0 aliphatic heterocycles. The lowest BCUT2D eigenvalue weighted by molar-refractivity contribution is 0.713. The maximum atomic E-state index is 4.20. The van der Waals surface area contributed by atoms with Crippen molar-refractivity contribution in [2.45, 2.75) is 104 Å². The molecule has 2 heterocycles. The van der Waals surface area contributed by atoms with Gasteiger partial charge in [0.15, 0.2) is 0 Å². The fourth-order valence-electron chi connectivity index (χ4n) is 7.03. The van der Waals surface area contributed by atoms with E-state index >= 15 is 0 Å². The lowest BCUT2D eigenvalue weighted by Crippen LogP contribution is -2.35. The lowest BCUT2D eigenvalue weighted by atomic mass is 9.98. The summed E-state index contributed by atoms with van der Waals surface area (Å²) in [7, 11) is -1.24. The number of nitrogens with one attached hydrogen (secondary N) is 2. The molecule has 46 heavy (non-hydrogen) atoms. The number of rotatable bonds is 6. The first-order chi connectivity index (χ1) is 21.4. The van der Waals surface area contributed by atoms with Crippen LogP contribution in [0, 0.1) is 0 Å². The second-order valence-electron chi connectivity index (χ2n) is 15.9. The van der Waals surface area contributed by atoms with E-state index in [9.17, 15) is 0 Å². The van der Waals surface area contributed by atoms with E-state index in [1.54, 1.807) is 0 Å². The largest absolute Gasteiger partial charge is 0.204 e. The molecular formula is C36H48N8P2. The Hall–Kier alpha value is -3.34. The van der Waals surface area contributed by atoms with Crippen molar-refractivity contribution >= 4 is 26.5 Å². The average molecular weight is 655 g/mol. The summed E-state index contributed by atoms with van der Waals surface area (Å²) < 4.78 is 0. The molecule has 0 unspecified atom stereocenters. The predicted octanol–water partition coefficient (Wildman–Crippen LogP) is 8.79. The fourth-order valence-corrected chi connectivity index (χ4v) is 15.3. The minimum atomic E-state index is -0.621. The van der Waals surface area contributed by atoms with E-state index in [2.05, 4.69) is 185 Å². The summed E-state index contributed by atoms with van der Waals surface area (Å²) in [6.45, 7) is 28.8. The first kappa shape index (κ1) is 34.0. The summed E-state index contributed by atoms with van der Waals surface area (Å²) >= 11 is 0. The van der Waals surface area contributed by atoms with Crippen molar-refractivity contribution in [3.63, 3.8) is 0 Å². The molecule has 0 atom stereocenters. The average Bonchev–Trinajstić information content (AvgIpc) is 3.66. The number of benzene rings is 3. The molecule has 8 nitrogen and oxygen atoms in total. The molecule has 3 aromatic carbocycles. The van der Waals surface area contributed by atoms with Crippen LogP contribution in [-0.2, 0) is 0 Å². The van der Waals surface area contributed by atoms with E-state index in [1.807, 2.05) is 0 Å². The van der Waals surface area contributed by atoms with Gasteiger partial charge in [-0.1, -0.05) is 147 Å². The number of nitrogens with zero attached hydrogens (tertiary/aromatic N) is 6. The summed E-state index contributed by atoms with van der Waals surface area (Å²) in [6.07, 6.45) is 0. The Morgan fingerprint density at radius 1 is 0.435 bits per heavy atom. The molecule has 0 amide bonds. The second kappa shape index (κ2) is 12.4. The quantitative estimate of drug-likeness (QED) is 0.177. The summed E-state index contributed by atoms with van der Waals surface area (Å²) in [4.78, 5) is 0. The third-order valence-corrected chi connectivity index (χ3v) is 14.9. The Labute approximate surface area is 276 Å². The Morgan fingerprint density at radius 3 is 0.957 bits per heavy atom. The Morgan fingerprint density at radius 2 is 0.717 bits per heavy atom. The van der Waals surface area contributed by atoms with Crippen LogP contribution in [0.25, 0.3) is 45.0 Å². The number of tetrazole rings is 2. The van der Waals surface area contributed by atoms with Crippen molar-refractivity contribution in [1.29, 1.82) is 0 Å². The number of aromatic amines is 2. The molecule has 10 heteroatoms. The van der Waals surface area contributed by atoms with Crippen LogP contribution < -0.4 is 10.6 Å². The number of hydrogen-bond donors (Lipinski definition) is 2. The van der Waals surface area contributed by atoms with Gasteiger partial charge in [0.25, 0.3) is 0 Å². The van der Waals surface area contributed by atoms with E-state index in [1.165, 1.54) is 32.9 Å². The highest BCUT2D eigenvalue weighted by atomic mass is 31.1. The summed E-state index contributed by atoms with van der Waals surface area (Å²) in [5.74, 6) is 1.20. The minimum Gasteiger partial charge on any atom is -0.177 e. The van der Waals surface area contributed by atoms with E-state index in [-0.39, 0.29) is 20.6 Å². The van der Waals surface area contributed by atoms with Crippen LogP contribution in [0.5, 0.6) is 0 Å². The van der Waals surface area contributed by atoms with Gasteiger partial charge in [-0.2, -0.15) is 10.4 Å². The van der Waals surface area contributed by atoms with Crippen LogP contribution in [-0.4, -0.2) is 61.9 Å². The molecular weight excluding hydrogens is 606 g/mol. The molecule has 242 valence electrons. The topological polar surface area (TPSA) is 109 Å². The van der Waals surface area contributed by atoms with Gasteiger partial charge in [0.1, 0.15) is 0 Å². The normalized spacial score (nSPS) is 13.2. The van der Waals surface area contributed by atoms with Crippen molar-refractivity contribution in [1.82, 2.24) is 41.2 Å². The standard InChI is InChI=1S/C36H48N8P2/c1-33(2,3)45(34(4,5)6)29-21-28(24-15-19-26(20-16-24)32-39-43-44-40-32)30(46(35(7,8)9)36(10,11)12)22-27(29)23-13-17-25(18-14-23)31-37-41-42-38-31/h13-22H,1-12H3,(H,37,38,41,42)(H,39,40,43,44). The Balaban J connectivity index is 1.84. The van der Waals surface area contributed by atoms with Gasteiger partial charge in [-0.25, -0.2) is 0 Å². The molecule has 0 bridgehead atoms. The van der Waals surface area contributed by atoms with Gasteiger partial charge < -0.3 is 0 Å². The zero-order chi connectivity index (χ0) is 33.7. The van der Waals surface area contributed by atoms with Gasteiger partial charge in [-0.3, -0.25) is 0 Å². The van der Waals surface area contributed by atoms with E-state index in [0.29, 0.717) is 11.6 Å². The van der Waals surface area contributed by atoms with E-state index < -0.39 is 15.8 Å². The Kier molecular flexibility index (Phi) is 9.13. The summed E-state index contributed by atoms with van der Waals surface area (Å²) in [5, 5.41) is 32.7. The van der Waals surface area contributed by atoms with Gasteiger partial charge in [-0.05, 0) is 76.0 Å². The molecule has 0 spiro atoms. The van der Waals surface area contributed by atoms with Gasteiger partial charge in [-0.15, -0.1) is 20.4 Å². The van der Waals surface area contributed by atoms with Gasteiger partial charge in [0, 0.05) is 11.1 Å². The van der Waals surface area contributed by atoms with E-state index in [4.69, 9.17) is 0 Å². The van der Waals surface area contributed by atoms with Gasteiger partial charge in [0.2, 0.25) is 11.6 Å². The van der Waals surface area contributed by atoms with Crippen molar-refractivity contribution < 1.29 is 0 Å². The van der Waals surface area contributed by atoms with Crippen LogP contribution in [0.1, 0.15) is 83.1 Å². The van der Waals surface area contributed by atoms with Crippen LogP contribution in [0.3, 0.4) is 0 Å². The molecule has 2 N–H and O–H groups in total. The van der Waals surface area contributed by atoms with Crippen molar-refractivity contribution in [3.05, 3.63) is 60.7 Å². The van der Waals surface area contributed by atoms with Crippen LogP contribution in [0.4, 0.5) is 0 Å². The SMILES string of the molecule is CC(C)(C)P(c1cc(-c2ccc(-c3nn[nH]n3)cc2)c(P(C(C)(C)C)C(C)(C)C)cc1-c1ccc(-c2nn[nH]n2)cc1)C(C)(C)C. The second-order valence-corrected chi connectivity index (χ2v) is 23.5. The molecule has 0 aliphatic carbocycles. The Bertz CT molecular complexity index is 1590. The molecule has 5 rings (SSSR count). The van der Waals surface area contributed by atoms with Crippen LogP contribution in [0.2, 0.25) is 0 Å². The maximum absolute atomic E-state index is 4.20. The molecule has 0 saturated heterocycles. The van der Waals surface area contributed by atoms with Gasteiger partial charge in [0.05, 0.1) is 0 Å². The number of hydrogen-bond acceptors (Lipinski definition) is 6. The maximum Gasteiger partial charge on any atom is 0.204 e. The predicted molar refractivity (Wildman–Crippen MR) is 196 cm³/mol. The fraction of sp³-hybridized carbons (Fsp3) is 0.444. The van der Waals surface area contributed by atoms with Crippen molar-refractivity contribution in [2.75, 3.05) is 0 Å². The highest BCUT2D eigenvalue weighted by molar-refractivity contribution is 7.69. The van der Waals surface area contributed by atoms with Gasteiger partial charge >= 0.3 is 0 Å². The third-order valence-electron chi connectivity index (χ3n) is 7.88. The summed E-state index contributed by atoms with van der Waals surface area (Å²) in [5.41, 5.74) is 6.94. The zero-order valence-corrected chi connectivity index (χ0v) is 31.1.